The fourth-order valence-corrected chi connectivity index (χ4v) is 2.26. The largest absolute Gasteiger partial charge is 0.328 e. The molecule has 1 rings (SSSR count). The van der Waals surface area contributed by atoms with E-state index in [0.717, 1.165) is 24.9 Å². The molecule has 2 atom stereocenters. The van der Waals surface area contributed by atoms with E-state index in [0.29, 0.717) is 6.04 Å². The van der Waals surface area contributed by atoms with E-state index in [1.165, 1.54) is 32.2 Å². The normalized spacial score (nSPS) is 19.8. The first-order valence-electron chi connectivity index (χ1n) is 6.74. The van der Waals surface area contributed by atoms with Crippen LogP contribution in [0.15, 0.2) is 12.7 Å². The van der Waals surface area contributed by atoms with E-state index in [1.807, 2.05) is 6.08 Å². The van der Waals surface area contributed by atoms with Crippen LogP contribution in [0.5, 0.6) is 0 Å². The van der Waals surface area contributed by atoms with Gasteiger partial charge in [0.25, 0.3) is 0 Å². The standard InChI is InChI=1S/C14H28N2/c1-4-10-16(14-8-9-14)11-12(2)6-5-7-13(3)15/h4,12-14H,1,5-11,15H2,2-3H3. The average Bonchev–Trinajstić information content (AvgIpc) is 2.99. The zero-order valence-electron chi connectivity index (χ0n) is 11.0. The van der Waals surface area contributed by atoms with Crippen LogP contribution >= 0.6 is 0 Å². The van der Waals surface area contributed by atoms with Gasteiger partial charge in [0, 0.05) is 25.2 Å². The van der Waals surface area contributed by atoms with E-state index in [4.69, 9.17) is 5.73 Å². The lowest BCUT2D eigenvalue weighted by Crippen LogP contribution is -2.31. The molecule has 0 bridgehead atoms. The van der Waals surface area contributed by atoms with Crippen molar-refractivity contribution in [1.82, 2.24) is 4.90 Å². The summed E-state index contributed by atoms with van der Waals surface area (Å²) in [6.45, 7) is 10.6. The van der Waals surface area contributed by atoms with E-state index in [9.17, 15) is 0 Å². The third-order valence-corrected chi connectivity index (χ3v) is 3.33. The summed E-state index contributed by atoms with van der Waals surface area (Å²) in [5.74, 6) is 0.791. The SMILES string of the molecule is C=CCN(CC(C)CCCC(C)N)C1CC1. The molecule has 0 aliphatic heterocycles. The summed E-state index contributed by atoms with van der Waals surface area (Å²) in [6.07, 6.45) is 8.55. The summed E-state index contributed by atoms with van der Waals surface area (Å²) < 4.78 is 0. The fourth-order valence-electron chi connectivity index (χ4n) is 2.26. The van der Waals surface area contributed by atoms with Gasteiger partial charge in [0.1, 0.15) is 0 Å². The van der Waals surface area contributed by atoms with Crippen LogP contribution in [0.1, 0.15) is 46.0 Å². The zero-order valence-corrected chi connectivity index (χ0v) is 11.0. The second-order valence-electron chi connectivity index (χ2n) is 5.49. The Kier molecular flexibility index (Phi) is 6.07. The summed E-state index contributed by atoms with van der Waals surface area (Å²) >= 11 is 0. The van der Waals surface area contributed by atoms with Crippen molar-refractivity contribution in [2.24, 2.45) is 11.7 Å². The van der Waals surface area contributed by atoms with Gasteiger partial charge in [0.05, 0.1) is 0 Å². The molecular weight excluding hydrogens is 196 g/mol. The molecule has 94 valence electrons. The Morgan fingerprint density at radius 3 is 2.56 bits per heavy atom. The van der Waals surface area contributed by atoms with Crippen LogP contribution in [-0.4, -0.2) is 30.1 Å². The maximum atomic E-state index is 5.76. The number of hydrogen-bond acceptors (Lipinski definition) is 2. The van der Waals surface area contributed by atoms with Crippen molar-refractivity contribution < 1.29 is 0 Å². The summed E-state index contributed by atoms with van der Waals surface area (Å²) in [7, 11) is 0. The molecule has 0 radical (unpaired) electrons. The molecule has 16 heavy (non-hydrogen) atoms. The molecule has 2 N–H and O–H groups in total. The van der Waals surface area contributed by atoms with Crippen molar-refractivity contribution in [3.05, 3.63) is 12.7 Å². The molecule has 0 aromatic rings. The van der Waals surface area contributed by atoms with E-state index < -0.39 is 0 Å². The Morgan fingerprint density at radius 1 is 1.38 bits per heavy atom. The van der Waals surface area contributed by atoms with Gasteiger partial charge in [-0.1, -0.05) is 19.4 Å². The van der Waals surface area contributed by atoms with Gasteiger partial charge in [0.15, 0.2) is 0 Å². The van der Waals surface area contributed by atoms with Crippen LogP contribution in [0.2, 0.25) is 0 Å². The molecule has 0 saturated heterocycles. The van der Waals surface area contributed by atoms with E-state index in [1.54, 1.807) is 0 Å². The zero-order chi connectivity index (χ0) is 12.0. The molecule has 0 aromatic heterocycles. The minimum Gasteiger partial charge on any atom is -0.328 e. The molecular formula is C14H28N2. The van der Waals surface area contributed by atoms with E-state index in [-0.39, 0.29) is 0 Å². The van der Waals surface area contributed by atoms with Crippen molar-refractivity contribution in [3.63, 3.8) is 0 Å². The van der Waals surface area contributed by atoms with Gasteiger partial charge in [-0.3, -0.25) is 4.90 Å². The molecule has 0 amide bonds. The first-order chi connectivity index (χ1) is 7.63. The molecule has 1 saturated carbocycles. The molecule has 0 heterocycles. The lowest BCUT2D eigenvalue weighted by atomic mass is 10.0. The highest BCUT2D eigenvalue weighted by Gasteiger charge is 2.28. The molecule has 2 nitrogen and oxygen atoms in total. The van der Waals surface area contributed by atoms with Crippen LogP contribution in [0.25, 0.3) is 0 Å². The summed E-state index contributed by atoms with van der Waals surface area (Å²) in [5, 5.41) is 0. The number of hydrogen-bond donors (Lipinski definition) is 1. The van der Waals surface area contributed by atoms with Gasteiger partial charge >= 0.3 is 0 Å². The highest BCUT2D eigenvalue weighted by Crippen LogP contribution is 2.28. The molecule has 0 aromatic carbocycles. The average molecular weight is 224 g/mol. The van der Waals surface area contributed by atoms with Crippen molar-refractivity contribution in [2.45, 2.75) is 58.0 Å². The molecule has 1 aliphatic carbocycles. The number of nitrogens with two attached hydrogens (primary N) is 1. The van der Waals surface area contributed by atoms with Gasteiger partial charge in [-0.15, -0.1) is 6.58 Å². The third kappa shape index (κ3) is 5.66. The summed E-state index contributed by atoms with van der Waals surface area (Å²) in [5.41, 5.74) is 5.76. The first kappa shape index (κ1) is 13.7. The summed E-state index contributed by atoms with van der Waals surface area (Å²) in [6, 6.07) is 1.22. The van der Waals surface area contributed by atoms with Crippen LogP contribution < -0.4 is 5.73 Å². The van der Waals surface area contributed by atoms with Gasteiger partial charge < -0.3 is 5.73 Å². The van der Waals surface area contributed by atoms with Gasteiger partial charge in [-0.25, -0.2) is 0 Å². The van der Waals surface area contributed by atoms with Crippen LogP contribution in [0.4, 0.5) is 0 Å². The minimum absolute atomic E-state index is 0.361. The smallest absolute Gasteiger partial charge is 0.0163 e. The maximum absolute atomic E-state index is 5.76. The molecule has 1 fully saturated rings. The Bertz CT molecular complexity index is 197. The fraction of sp³-hybridized carbons (Fsp3) is 0.857. The van der Waals surface area contributed by atoms with Crippen molar-refractivity contribution >= 4 is 0 Å². The van der Waals surface area contributed by atoms with Gasteiger partial charge in [-0.05, 0) is 38.5 Å². The van der Waals surface area contributed by atoms with Gasteiger partial charge in [0.2, 0.25) is 0 Å². The maximum Gasteiger partial charge on any atom is 0.0163 e. The van der Waals surface area contributed by atoms with Crippen LogP contribution in [0, 0.1) is 5.92 Å². The molecule has 2 unspecified atom stereocenters. The predicted molar refractivity (Wildman–Crippen MR) is 71.5 cm³/mol. The Morgan fingerprint density at radius 2 is 2.06 bits per heavy atom. The van der Waals surface area contributed by atoms with Crippen molar-refractivity contribution in [3.8, 4) is 0 Å². The monoisotopic (exact) mass is 224 g/mol. The Hall–Kier alpha value is -0.340. The molecule has 0 spiro atoms. The molecule has 2 heteroatoms. The number of rotatable bonds is 9. The first-order valence-corrected chi connectivity index (χ1v) is 6.74. The molecule has 1 aliphatic rings. The Labute approximate surface area is 101 Å². The van der Waals surface area contributed by atoms with E-state index >= 15 is 0 Å². The Balaban J connectivity index is 2.14. The van der Waals surface area contributed by atoms with Gasteiger partial charge in [-0.2, -0.15) is 0 Å². The number of nitrogens with zero attached hydrogens (tertiary/aromatic N) is 1. The van der Waals surface area contributed by atoms with E-state index in [2.05, 4.69) is 25.3 Å². The topological polar surface area (TPSA) is 29.3 Å². The lowest BCUT2D eigenvalue weighted by Gasteiger charge is -2.24. The predicted octanol–water partition coefficient (Wildman–Crippen LogP) is 2.79. The van der Waals surface area contributed by atoms with Crippen LogP contribution in [-0.2, 0) is 0 Å². The van der Waals surface area contributed by atoms with Crippen molar-refractivity contribution in [1.29, 1.82) is 0 Å². The highest BCUT2D eigenvalue weighted by atomic mass is 15.2. The second-order valence-corrected chi connectivity index (χ2v) is 5.49. The quantitative estimate of drug-likeness (QED) is 0.610. The van der Waals surface area contributed by atoms with Crippen LogP contribution in [0.3, 0.4) is 0 Å². The lowest BCUT2D eigenvalue weighted by molar-refractivity contribution is 0.242. The third-order valence-electron chi connectivity index (χ3n) is 3.33. The van der Waals surface area contributed by atoms with Crippen molar-refractivity contribution in [2.75, 3.05) is 13.1 Å². The second kappa shape index (κ2) is 7.08. The summed E-state index contributed by atoms with van der Waals surface area (Å²) in [4.78, 5) is 2.59. The highest BCUT2D eigenvalue weighted by molar-refractivity contribution is 4.88. The minimum atomic E-state index is 0.361.